The maximum absolute atomic E-state index is 5.57. The van der Waals surface area contributed by atoms with E-state index in [1.807, 2.05) is 0 Å². The van der Waals surface area contributed by atoms with Crippen LogP contribution < -0.4 is 0 Å². The van der Waals surface area contributed by atoms with E-state index in [-0.39, 0.29) is 0 Å². The van der Waals surface area contributed by atoms with Crippen molar-refractivity contribution < 1.29 is 0 Å². The number of rotatable bonds is 2. The molecule has 0 radical (unpaired) electrons. The second kappa shape index (κ2) is 9.19. The minimum atomic E-state index is 0.734. The van der Waals surface area contributed by atoms with E-state index in [4.69, 9.17) is 9.97 Å². The zero-order valence-electron chi connectivity index (χ0n) is 26.1. The molecule has 12 aromatic rings. The van der Waals surface area contributed by atoms with E-state index in [1.54, 1.807) is 11.3 Å². The summed E-state index contributed by atoms with van der Waals surface area (Å²) in [5.41, 5.74) is 7.05. The number of benzene rings is 7. The van der Waals surface area contributed by atoms with Crippen molar-refractivity contribution in [2.45, 2.75) is 0 Å². The van der Waals surface area contributed by atoms with Gasteiger partial charge in [0.15, 0.2) is 11.6 Å². The van der Waals surface area contributed by atoms with Gasteiger partial charge in [-0.3, -0.25) is 4.57 Å². The van der Waals surface area contributed by atoms with Crippen LogP contribution in [0.1, 0.15) is 0 Å². The summed E-state index contributed by atoms with van der Waals surface area (Å²) in [4.78, 5) is 11.8. The average Bonchev–Trinajstić information content (AvgIpc) is 3.89. The summed E-state index contributed by atoms with van der Waals surface area (Å²) in [6.45, 7) is 0. The number of para-hydroxylation sites is 3. The highest BCUT2D eigenvalue weighted by atomic mass is 32.1. The summed E-state index contributed by atoms with van der Waals surface area (Å²) in [6, 6.07) is 52.6. The molecule has 49 heavy (non-hydrogen) atoms. The number of fused-ring (bicyclic) bond motifs is 14. The zero-order valence-corrected chi connectivity index (χ0v) is 26.9. The molecule has 0 N–H and O–H groups in total. The van der Waals surface area contributed by atoms with Crippen molar-refractivity contribution in [2.24, 2.45) is 0 Å². The number of thiophene rings is 1. The Labute approximate surface area is 283 Å². The molecule has 5 aromatic heterocycles. The zero-order chi connectivity index (χ0) is 31.8. The molecule has 5 heteroatoms. The third-order valence-electron chi connectivity index (χ3n) is 10.4. The molecule has 4 nitrogen and oxygen atoms in total. The molecule has 0 amide bonds. The van der Waals surface area contributed by atoms with Crippen LogP contribution in [0.25, 0.3) is 108 Å². The van der Waals surface area contributed by atoms with Gasteiger partial charge in [0, 0.05) is 48.0 Å². The van der Waals surface area contributed by atoms with Crippen LogP contribution in [0.5, 0.6) is 0 Å². The molecule has 7 aromatic carbocycles. The van der Waals surface area contributed by atoms with E-state index >= 15 is 0 Å². The second-order valence-electron chi connectivity index (χ2n) is 13.0. The Morgan fingerprint density at radius 1 is 0.449 bits per heavy atom. The molecule has 0 spiro atoms. The number of aromatic nitrogens is 4. The Morgan fingerprint density at radius 2 is 1.08 bits per heavy atom. The summed E-state index contributed by atoms with van der Waals surface area (Å²) in [7, 11) is 0. The highest BCUT2D eigenvalue weighted by Crippen LogP contribution is 2.47. The van der Waals surface area contributed by atoms with Gasteiger partial charge in [0.1, 0.15) is 4.83 Å². The highest BCUT2D eigenvalue weighted by molar-refractivity contribution is 7.25. The topological polar surface area (TPSA) is 35.1 Å². The van der Waals surface area contributed by atoms with Gasteiger partial charge in [-0.25, -0.2) is 9.97 Å². The molecule has 5 heterocycles. The molecule has 0 saturated carbocycles. The van der Waals surface area contributed by atoms with Crippen LogP contribution in [-0.2, 0) is 0 Å². The predicted molar refractivity (Wildman–Crippen MR) is 207 cm³/mol. The molecule has 0 saturated heterocycles. The lowest BCUT2D eigenvalue weighted by Gasteiger charge is -2.12. The van der Waals surface area contributed by atoms with Crippen LogP contribution in [0.4, 0.5) is 0 Å². The third-order valence-corrected chi connectivity index (χ3v) is 11.5. The molecular formula is C44H24N4S. The van der Waals surface area contributed by atoms with Gasteiger partial charge in [0.2, 0.25) is 0 Å². The molecule has 0 bridgehead atoms. The van der Waals surface area contributed by atoms with Crippen LogP contribution in [0, 0.1) is 0 Å². The van der Waals surface area contributed by atoms with Crippen molar-refractivity contribution in [3.8, 4) is 17.2 Å². The summed E-state index contributed by atoms with van der Waals surface area (Å²) in [5.74, 6) is 1.65. The van der Waals surface area contributed by atoms with Crippen LogP contribution in [0.2, 0.25) is 0 Å². The molecule has 0 aliphatic heterocycles. The van der Waals surface area contributed by atoms with Crippen molar-refractivity contribution in [1.82, 2.24) is 18.9 Å². The first kappa shape index (κ1) is 25.7. The number of hydrogen-bond donors (Lipinski definition) is 0. The van der Waals surface area contributed by atoms with Gasteiger partial charge < -0.3 is 4.40 Å². The SMILES string of the molecule is c1ccc2cc(-c3nc(-n4c5ccccc5c5cc6c7ccccc7n7c8ccccc8c(c54)c67)c4c(n3)sc3ccccc34)ccc2c1. The Bertz CT molecular complexity index is 3340. The lowest BCUT2D eigenvalue weighted by atomic mass is 10.0. The largest absolute Gasteiger partial charge is 0.308 e. The van der Waals surface area contributed by atoms with E-state index in [2.05, 4.69) is 155 Å². The maximum Gasteiger partial charge on any atom is 0.163 e. The molecular weight excluding hydrogens is 617 g/mol. The summed E-state index contributed by atoms with van der Waals surface area (Å²) < 4.78 is 6.12. The van der Waals surface area contributed by atoms with Crippen molar-refractivity contribution in [2.75, 3.05) is 0 Å². The van der Waals surface area contributed by atoms with Crippen molar-refractivity contribution >= 4 is 102 Å². The fourth-order valence-corrected chi connectivity index (χ4v) is 9.47. The molecule has 226 valence electrons. The first-order valence-electron chi connectivity index (χ1n) is 16.6. The van der Waals surface area contributed by atoms with Crippen LogP contribution >= 0.6 is 11.3 Å². The quantitative estimate of drug-likeness (QED) is 0.188. The van der Waals surface area contributed by atoms with Gasteiger partial charge in [0.05, 0.1) is 33.0 Å². The van der Waals surface area contributed by atoms with E-state index < -0.39 is 0 Å². The van der Waals surface area contributed by atoms with Crippen molar-refractivity contribution in [3.63, 3.8) is 0 Å². The van der Waals surface area contributed by atoms with E-state index in [0.29, 0.717) is 0 Å². The van der Waals surface area contributed by atoms with Gasteiger partial charge in [-0.2, -0.15) is 0 Å². The third kappa shape index (κ3) is 3.27. The number of nitrogens with zero attached hydrogens (tertiary/aromatic N) is 4. The summed E-state index contributed by atoms with van der Waals surface area (Å²) in [6.07, 6.45) is 0. The van der Waals surface area contributed by atoms with Gasteiger partial charge in [-0.1, -0.05) is 109 Å². The van der Waals surface area contributed by atoms with Crippen LogP contribution in [0.15, 0.2) is 146 Å². The molecule has 0 fully saturated rings. The van der Waals surface area contributed by atoms with Crippen LogP contribution in [-0.4, -0.2) is 18.9 Å². The minimum absolute atomic E-state index is 0.734. The Balaban J connectivity index is 1.32. The molecule has 0 aliphatic carbocycles. The van der Waals surface area contributed by atoms with E-state index in [0.717, 1.165) is 32.9 Å². The Hall–Kier alpha value is -6.30. The van der Waals surface area contributed by atoms with Gasteiger partial charge >= 0.3 is 0 Å². The molecule has 0 unspecified atom stereocenters. The first-order chi connectivity index (χ1) is 24.3. The fraction of sp³-hybridized carbons (Fsp3) is 0. The van der Waals surface area contributed by atoms with Crippen LogP contribution in [0.3, 0.4) is 0 Å². The average molecular weight is 641 g/mol. The normalized spacial score (nSPS) is 12.5. The predicted octanol–water partition coefficient (Wildman–Crippen LogP) is 11.9. The highest BCUT2D eigenvalue weighted by Gasteiger charge is 2.26. The monoisotopic (exact) mass is 640 g/mol. The smallest absolute Gasteiger partial charge is 0.163 e. The lowest BCUT2D eigenvalue weighted by Crippen LogP contribution is -2.02. The summed E-state index contributed by atoms with van der Waals surface area (Å²) in [5, 5.41) is 12.2. The minimum Gasteiger partial charge on any atom is -0.308 e. The van der Waals surface area contributed by atoms with E-state index in [9.17, 15) is 0 Å². The Morgan fingerprint density at radius 3 is 1.92 bits per heavy atom. The van der Waals surface area contributed by atoms with E-state index in [1.165, 1.54) is 75.2 Å². The van der Waals surface area contributed by atoms with Gasteiger partial charge in [-0.05, 0) is 47.2 Å². The fourth-order valence-electron chi connectivity index (χ4n) is 8.40. The molecule has 0 aliphatic rings. The first-order valence-corrected chi connectivity index (χ1v) is 17.4. The van der Waals surface area contributed by atoms with Crippen molar-refractivity contribution in [1.29, 1.82) is 0 Å². The van der Waals surface area contributed by atoms with Gasteiger partial charge in [-0.15, -0.1) is 11.3 Å². The Kier molecular flexibility index (Phi) is 4.83. The van der Waals surface area contributed by atoms with Gasteiger partial charge in [0.25, 0.3) is 0 Å². The molecule has 12 rings (SSSR count). The van der Waals surface area contributed by atoms with Crippen molar-refractivity contribution in [3.05, 3.63) is 146 Å². The summed E-state index contributed by atoms with van der Waals surface area (Å²) >= 11 is 1.74. The standard InChI is InChI=1S/C44H24N4S/c1-2-12-26-23-27(22-21-25(26)11-1)42-45-43(39-31-16-6-10-20-37(31)49-44(39)46-42)48-35-18-8-4-14-29(35)33-24-32-28-13-3-7-17-34(28)47-36-19-9-5-15-30(36)38(40(32)47)41(33)48/h1-24H. The maximum atomic E-state index is 5.57. The second-order valence-corrected chi connectivity index (χ2v) is 14.0. The number of hydrogen-bond acceptors (Lipinski definition) is 3. The lowest BCUT2D eigenvalue weighted by molar-refractivity contribution is 1.08. The molecule has 0 atom stereocenters.